The number of phenols is 2. The summed E-state index contributed by atoms with van der Waals surface area (Å²) >= 11 is 0. The number of aromatic hydroxyl groups is 2. The lowest BCUT2D eigenvalue weighted by Crippen LogP contribution is -2.26. The molecule has 0 bridgehead atoms. The summed E-state index contributed by atoms with van der Waals surface area (Å²) in [6.45, 7) is 7.55. The Hall–Kier alpha value is -3.34. The maximum atomic E-state index is 11.2. The van der Waals surface area contributed by atoms with Crippen LogP contribution in [0.2, 0.25) is 0 Å². The maximum absolute atomic E-state index is 11.2. The van der Waals surface area contributed by atoms with E-state index in [9.17, 15) is 20.3 Å². The van der Waals surface area contributed by atoms with E-state index < -0.39 is 5.41 Å². The Balaban J connectivity index is 2.32. The Morgan fingerprint density at radius 2 is 1.43 bits per heavy atom. The van der Waals surface area contributed by atoms with Crippen molar-refractivity contribution in [3.05, 3.63) is 98.1 Å². The summed E-state index contributed by atoms with van der Waals surface area (Å²) in [5, 5.41) is 31.1. The lowest BCUT2D eigenvalue weighted by molar-refractivity contribution is -0.385. The van der Waals surface area contributed by atoms with E-state index >= 15 is 0 Å². The van der Waals surface area contributed by atoms with E-state index in [1.807, 2.05) is 38.1 Å². The van der Waals surface area contributed by atoms with E-state index in [4.69, 9.17) is 0 Å². The van der Waals surface area contributed by atoms with Crippen LogP contribution >= 0.6 is 0 Å². The summed E-state index contributed by atoms with van der Waals surface area (Å²) in [6, 6.07) is 15.8. The highest BCUT2D eigenvalue weighted by Gasteiger charge is 2.34. The van der Waals surface area contributed by atoms with Crippen LogP contribution in [0.1, 0.15) is 40.3 Å². The van der Waals surface area contributed by atoms with E-state index in [0.717, 1.165) is 27.8 Å². The lowest BCUT2D eigenvalue weighted by Gasteiger charge is -2.34. The van der Waals surface area contributed by atoms with Crippen LogP contribution < -0.4 is 0 Å². The number of aryl methyl sites for hydroxylation is 3. The molecule has 3 aromatic carbocycles. The molecule has 0 saturated heterocycles. The number of phenolic OH excluding ortho intramolecular Hbond substituents is 2. The quantitative estimate of drug-likeness (QED) is 0.368. The standard InChI is InChI=1S/C23H23NO4/c1-14-13-19(25)7-8-20(14)23(4,18-6-10-22(26)16(3)12-18)17-5-9-21(24(27)28)15(2)11-17/h5-13,25-26H,1-4H3. The minimum absolute atomic E-state index is 0.0791. The summed E-state index contributed by atoms with van der Waals surface area (Å²) < 4.78 is 0. The van der Waals surface area contributed by atoms with E-state index in [1.54, 1.807) is 31.2 Å². The third-order valence-corrected chi connectivity index (χ3v) is 5.49. The molecule has 0 radical (unpaired) electrons. The molecule has 0 amide bonds. The first-order valence-electron chi connectivity index (χ1n) is 9.00. The van der Waals surface area contributed by atoms with Gasteiger partial charge in [0.15, 0.2) is 0 Å². The first-order valence-corrected chi connectivity index (χ1v) is 9.00. The zero-order chi connectivity index (χ0) is 20.6. The zero-order valence-corrected chi connectivity index (χ0v) is 16.4. The van der Waals surface area contributed by atoms with Gasteiger partial charge in [0.1, 0.15) is 11.5 Å². The number of benzene rings is 3. The van der Waals surface area contributed by atoms with Gasteiger partial charge in [-0.05, 0) is 79.8 Å². The predicted octanol–water partition coefficient (Wildman–Crippen LogP) is 5.29. The second-order valence-corrected chi connectivity index (χ2v) is 7.38. The predicted molar refractivity (Wildman–Crippen MR) is 109 cm³/mol. The second-order valence-electron chi connectivity index (χ2n) is 7.38. The second kappa shape index (κ2) is 7.00. The minimum Gasteiger partial charge on any atom is -0.508 e. The van der Waals surface area contributed by atoms with Gasteiger partial charge in [0.25, 0.3) is 5.69 Å². The smallest absolute Gasteiger partial charge is 0.272 e. The molecule has 3 aromatic rings. The molecular formula is C23H23NO4. The van der Waals surface area contributed by atoms with Crippen LogP contribution in [0.25, 0.3) is 0 Å². The summed E-state index contributed by atoms with van der Waals surface area (Å²) in [6.07, 6.45) is 0. The summed E-state index contributed by atoms with van der Waals surface area (Å²) in [5.41, 5.74) is 4.51. The van der Waals surface area contributed by atoms with Crippen LogP contribution in [0.15, 0.2) is 54.6 Å². The van der Waals surface area contributed by atoms with Crippen molar-refractivity contribution in [1.82, 2.24) is 0 Å². The van der Waals surface area contributed by atoms with Crippen LogP contribution in [0.3, 0.4) is 0 Å². The third-order valence-electron chi connectivity index (χ3n) is 5.49. The van der Waals surface area contributed by atoms with Gasteiger partial charge in [-0.2, -0.15) is 0 Å². The van der Waals surface area contributed by atoms with Crippen molar-refractivity contribution in [3.63, 3.8) is 0 Å². The van der Waals surface area contributed by atoms with Gasteiger partial charge >= 0.3 is 0 Å². The summed E-state index contributed by atoms with van der Waals surface area (Å²) in [4.78, 5) is 10.9. The van der Waals surface area contributed by atoms with Crippen LogP contribution in [0.5, 0.6) is 11.5 Å². The van der Waals surface area contributed by atoms with Crippen molar-refractivity contribution in [1.29, 1.82) is 0 Å². The molecule has 0 aliphatic rings. The normalized spacial score (nSPS) is 13.1. The highest BCUT2D eigenvalue weighted by molar-refractivity contribution is 5.57. The molecule has 0 aliphatic carbocycles. The SMILES string of the molecule is Cc1cc(C(C)(c2ccc([N+](=O)[O-])c(C)c2)c2ccc(O)cc2C)ccc1O. The molecule has 28 heavy (non-hydrogen) atoms. The van der Waals surface area contributed by atoms with E-state index in [2.05, 4.69) is 6.92 Å². The zero-order valence-electron chi connectivity index (χ0n) is 16.4. The monoisotopic (exact) mass is 377 g/mol. The summed E-state index contributed by atoms with van der Waals surface area (Å²) in [7, 11) is 0. The molecule has 0 aliphatic heterocycles. The van der Waals surface area contributed by atoms with Crippen LogP contribution in [0.4, 0.5) is 5.69 Å². The molecule has 3 rings (SSSR count). The highest BCUT2D eigenvalue weighted by Crippen LogP contribution is 2.43. The van der Waals surface area contributed by atoms with Gasteiger partial charge in [-0.25, -0.2) is 0 Å². The maximum Gasteiger partial charge on any atom is 0.272 e. The fourth-order valence-electron chi connectivity index (χ4n) is 3.82. The summed E-state index contributed by atoms with van der Waals surface area (Å²) in [5.74, 6) is 0.402. The van der Waals surface area contributed by atoms with E-state index in [-0.39, 0.29) is 22.1 Å². The number of rotatable bonds is 4. The molecule has 5 nitrogen and oxygen atoms in total. The molecule has 0 spiro atoms. The van der Waals surface area contributed by atoms with Gasteiger partial charge < -0.3 is 10.2 Å². The molecule has 0 fully saturated rings. The average molecular weight is 377 g/mol. The molecule has 5 heteroatoms. The Labute approximate surface area is 164 Å². The van der Waals surface area contributed by atoms with Gasteiger partial charge in [0, 0.05) is 17.0 Å². The topological polar surface area (TPSA) is 83.6 Å². The third kappa shape index (κ3) is 3.20. The van der Waals surface area contributed by atoms with Crippen molar-refractivity contribution in [2.24, 2.45) is 0 Å². The average Bonchev–Trinajstić information content (AvgIpc) is 2.63. The number of hydrogen-bond donors (Lipinski definition) is 2. The largest absolute Gasteiger partial charge is 0.508 e. The van der Waals surface area contributed by atoms with Crippen molar-refractivity contribution in [2.45, 2.75) is 33.1 Å². The van der Waals surface area contributed by atoms with Gasteiger partial charge in [0.2, 0.25) is 0 Å². The van der Waals surface area contributed by atoms with Crippen molar-refractivity contribution in [3.8, 4) is 11.5 Å². The number of nitro groups is 1. The van der Waals surface area contributed by atoms with Crippen LogP contribution in [-0.4, -0.2) is 15.1 Å². The van der Waals surface area contributed by atoms with Gasteiger partial charge in [-0.15, -0.1) is 0 Å². The molecule has 1 unspecified atom stereocenters. The first-order chi connectivity index (χ1) is 13.1. The number of hydrogen-bond acceptors (Lipinski definition) is 4. The lowest BCUT2D eigenvalue weighted by atomic mass is 9.69. The van der Waals surface area contributed by atoms with Crippen LogP contribution in [0, 0.1) is 30.9 Å². The molecule has 144 valence electrons. The van der Waals surface area contributed by atoms with Crippen molar-refractivity contribution >= 4 is 5.69 Å². The van der Waals surface area contributed by atoms with E-state index in [0.29, 0.717) is 5.56 Å². The molecule has 0 heterocycles. The highest BCUT2D eigenvalue weighted by atomic mass is 16.6. The van der Waals surface area contributed by atoms with Crippen molar-refractivity contribution < 1.29 is 15.1 Å². The fraction of sp³-hybridized carbons (Fsp3) is 0.217. The Kier molecular flexibility index (Phi) is 4.86. The molecular weight excluding hydrogens is 354 g/mol. The molecule has 1 atom stereocenters. The molecule has 0 saturated carbocycles. The number of nitrogens with zero attached hydrogens (tertiary/aromatic N) is 1. The molecule has 2 N–H and O–H groups in total. The van der Waals surface area contributed by atoms with Crippen molar-refractivity contribution in [2.75, 3.05) is 0 Å². The minimum atomic E-state index is -0.629. The van der Waals surface area contributed by atoms with Gasteiger partial charge in [-0.3, -0.25) is 10.1 Å². The van der Waals surface area contributed by atoms with Gasteiger partial charge in [0.05, 0.1) is 4.92 Å². The molecule has 0 aromatic heterocycles. The number of nitro benzene ring substituents is 1. The van der Waals surface area contributed by atoms with E-state index in [1.165, 1.54) is 6.07 Å². The Bertz CT molecular complexity index is 1070. The fourth-order valence-corrected chi connectivity index (χ4v) is 3.82. The Morgan fingerprint density at radius 1 is 0.821 bits per heavy atom. The van der Waals surface area contributed by atoms with Gasteiger partial charge in [-0.1, -0.05) is 24.3 Å². The van der Waals surface area contributed by atoms with Crippen LogP contribution in [-0.2, 0) is 5.41 Å². The Morgan fingerprint density at radius 3 is 1.96 bits per heavy atom. The first kappa shape index (κ1) is 19.4.